The van der Waals surface area contributed by atoms with Crippen LogP contribution in [0.15, 0.2) is 35.6 Å². The van der Waals surface area contributed by atoms with Crippen LogP contribution in [0.4, 0.5) is 4.39 Å². The number of imidazole rings is 1. The summed E-state index contributed by atoms with van der Waals surface area (Å²) < 4.78 is 19.8. The Morgan fingerprint density at radius 3 is 2.73 bits per heavy atom. The van der Waals surface area contributed by atoms with E-state index < -0.39 is 0 Å². The molecule has 0 spiro atoms. The first kappa shape index (κ1) is 16.5. The number of halogens is 1. The molecular weight excluding hydrogens is 305 g/mol. The van der Waals surface area contributed by atoms with E-state index in [4.69, 9.17) is 4.74 Å². The minimum atomic E-state index is -0.325. The Hall–Kier alpha value is -1.86. The number of aromatic nitrogens is 2. The molecule has 5 nitrogen and oxygen atoms in total. The molecule has 1 heterocycles. The predicted octanol–water partition coefficient (Wildman–Crippen LogP) is 2.50. The Morgan fingerprint density at radius 1 is 1.45 bits per heavy atom. The number of hydrogen-bond donors (Lipinski definition) is 1. The largest absolute Gasteiger partial charge is 0.383 e. The zero-order chi connectivity index (χ0) is 16.1. The summed E-state index contributed by atoms with van der Waals surface area (Å²) in [6.07, 6.45) is 3.39. The van der Waals surface area contributed by atoms with Crippen LogP contribution in [0.1, 0.15) is 17.4 Å². The van der Waals surface area contributed by atoms with Crippen LogP contribution < -0.4 is 5.32 Å². The lowest BCUT2D eigenvalue weighted by molar-refractivity contribution is 0.0898. The fourth-order valence-electron chi connectivity index (χ4n) is 2.07. The number of nitrogens with one attached hydrogen (secondary N) is 1. The predicted molar refractivity (Wildman–Crippen MR) is 84.1 cm³/mol. The van der Waals surface area contributed by atoms with Crippen molar-refractivity contribution in [1.82, 2.24) is 14.9 Å². The van der Waals surface area contributed by atoms with Crippen molar-refractivity contribution >= 4 is 17.7 Å². The number of hydrogen-bond acceptors (Lipinski definition) is 4. The number of rotatable bonds is 6. The molecule has 7 heteroatoms. The van der Waals surface area contributed by atoms with Gasteiger partial charge in [-0.1, -0.05) is 11.8 Å². The topological polar surface area (TPSA) is 56.1 Å². The molecule has 1 amide bonds. The smallest absolute Gasteiger partial charge is 0.270 e. The van der Waals surface area contributed by atoms with Gasteiger partial charge in [-0.15, -0.1) is 0 Å². The summed E-state index contributed by atoms with van der Waals surface area (Å²) in [6.45, 7) is 2.28. The molecule has 0 saturated heterocycles. The number of amides is 1. The van der Waals surface area contributed by atoms with Crippen LogP contribution in [-0.2, 0) is 4.74 Å². The van der Waals surface area contributed by atoms with Crippen LogP contribution in [0, 0.1) is 5.82 Å². The van der Waals surface area contributed by atoms with E-state index in [-0.39, 0.29) is 17.8 Å². The zero-order valence-electron chi connectivity index (χ0n) is 12.7. The van der Waals surface area contributed by atoms with Gasteiger partial charge in [-0.05, 0) is 37.4 Å². The third-order valence-electron chi connectivity index (χ3n) is 3.02. The lowest BCUT2D eigenvalue weighted by Gasteiger charge is -2.15. The highest BCUT2D eigenvalue weighted by molar-refractivity contribution is 7.98. The number of nitrogens with zero attached hydrogens (tertiary/aromatic N) is 2. The molecule has 0 unspecified atom stereocenters. The molecule has 118 valence electrons. The molecule has 1 aromatic heterocycles. The molecule has 0 aliphatic carbocycles. The van der Waals surface area contributed by atoms with E-state index in [1.807, 2.05) is 13.2 Å². The molecule has 1 N–H and O–H groups in total. The van der Waals surface area contributed by atoms with E-state index in [9.17, 15) is 9.18 Å². The Balaban J connectivity index is 2.34. The summed E-state index contributed by atoms with van der Waals surface area (Å²) in [7, 11) is 1.58. The number of carbonyl (C=O) groups is 1. The molecule has 1 atom stereocenters. The summed E-state index contributed by atoms with van der Waals surface area (Å²) in [4.78, 5) is 16.7. The van der Waals surface area contributed by atoms with Gasteiger partial charge in [0.15, 0.2) is 5.16 Å². The van der Waals surface area contributed by atoms with Gasteiger partial charge in [-0.25, -0.2) is 9.37 Å². The molecule has 0 saturated carbocycles. The van der Waals surface area contributed by atoms with Gasteiger partial charge < -0.3 is 10.1 Å². The van der Waals surface area contributed by atoms with Gasteiger partial charge in [0.1, 0.15) is 11.5 Å². The summed E-state index contributed by atoms with van der Waals surface area (Å²) in [5, 5.41) is 3.51. The van der Waals surface area contributed by atoms with Crippen LogP contribution >= 0.6 is 11.8 Å². The standard InChI is InChI=1S/C15H18FN3O2S/c1-10(9-21-2)18-14(20)13-8-17-15(22-3)19(13)12-6-4-11(16)5-7-12/h4-8,10H,9H2,1-3H3,(H,18,20)/t10-/m0/s1. The second kappa shape index (κ2) is 7.42. The van der Waals surface area contributed by atoms with E-state index in [0.717, 1.165) is 0 Å². The van der Waals surface area contributed by atoms with Crippen molar-refractivity contribution in [2.24, 2.45) is 0 Å². The second-order valence-corrected chi connectivity index (χ2v) is 5.55. The average Bonchev–Trinajstić information content (AvgIpc) is 2.92. The Bertz CT molecular complexity index is 643. The number of thioether (sulfide) groups is 1. The van der Waals surface area contributed by atoms with Gasteiger partial charge in [-0.3, -0.25) is 9.36 Å². The Morgan fingerprint density at radius 2 is 2.14 bits per heavy atom. The molecule has 0 aliphatic rings. The van der Waals surface area contributed by atoms with Crippen LogP contribution in [-0.4, -0.2) is 41.5 Å². The third-order valence-corrected chi connectivity index (χ3v) is 3.68. The first-order valence-electron chi connectivity index (χ1n) is 6.74. The SMILES string of the molecule is COC[C@H](C)NC(=O)c1cnc(SC)n1-c1ccc(F)cc1. The average molecular weight is 323 g/mol. The van der Waals surface area contributed by atoms with Gasteiger partial charge in [-0.2, -0.15) is 0 Å². The van der Waals surface area contributed by atoms with Gasteiger partial charge >= 0.3 is 0 Å². The van der Waals surface area contributed by atoms with E-state index in [0.29, 0.717) is 23.1 Å². The summed E-state index contributed by atoms with van der Waals surface area (Å²) in [5.74, 6) is -0.573. The molecular formula is C15H18FN3O2S. The van der Waals surface area contributed by atoms with Crippen molar-refractivity contribution in [2.45, 2.75) is 18.1 Å². The number of methoxy groups -OCH3 is 1. The van der Waals surface area contributed by atoms with E-state index >= 15 is 0 Å². The molecule has 0 aliphatic heterocycles. The van der Waals surface area contributed by atoms with Crippen molar-refractivity contribution in [1.29, 1.82) is 0 Å². The lowest BCUT2D eigenvalue weighted by atomic mass is 10.3. The maximum absolute atomic E-state index is 13.1. The molecule has 0 bridgehead atoms. The highest BCUT2D eigenvalue weighted by atomic mass is 32.2. The van der Waals surface area contributed by atoms with Crippen LogP contribution in [0.5, 0.6) is 0 Å². The van der Waals surface area contributed by atoms with Crippen LogP contribution in [0.3, 0.4) is 0 Å². The normalized spacial score (nSPS) is 12.2. The number of ether oxygens (including phenoxy) is 1. The minimum absolute atomic E-state index is 0.119. The maximum atomic E-state index is 13.1. The second-order valence-electron chi connectivity index (χ2n) is 4.77. The molecule has 2 aromatic rings. The van der Waals surface area contributed by atoms with Crippen molar-refractivity contribution < 1.29 is 13.9 Å². The summed E-state index contributed by atoms with van der Waals surface area (Å²) in [5.41, 5.74) is 1.09. The van der Waals surface area contributed by atoms with E-state index in [1.54, 1.807) is 23.8 Å². The monoisotopic (exact) mass is 323 g/mol. The van der Waals surface area contributed by atoms with Crippen molar-refractivity contribution in [2.75, 3.05) is 20.0 Å². The van der Waals surface area contributed by atoms with Gasteiger partial charge in [0.05, 0.1) is 12.8 Å². The Kier molecular flexibility index (Phi) is 5.57. The van der Waals surface area contributed by atoms with Crippen LogP contribution in [0.25, 0.3) is 5.69 Å². The first-order chi connectivity index (χ1) is 10.6. The molecule has 2 rings (SSSR count). The van der Waals surface area contributed by atoms with Crippen molar-refractivity contribution in [3.8, 4) is 5.69 Å². The summed E-state index contributed by atoms with van der Waals surface area (Å²) >= 11 is 1.42. The molecule has 22 heavy (non-hydrogen) atoms. The highest BCUT2D eigenvalue weighted by Crippen LogP contribution is 2.22. The number of carbonyl (C=O) groups excluding carboxylic acids is 1. The van der Waals surface area contributed by atoms with Crippen molar-refractivity contribution in [3.63, 3.8) is 0 Å². The molecule has 0 radical (unpaired) electrons. The fraction of sp³-hybridized carbons (Fsp3) is 0.333. The van der Waals surface area contributed by atoms with Gasteiger partial charge in [0.25, 0.3) is 5.91 Å². The van der Waals surface area contributed by atoms with Gasteiger partial charge in [0, 0.05) is 18.8 Å². The quantitative estimate of drug-likeness (QED) is 0.830. The Labute approximate surface area is 132 Å². The van der Waals surface area contributed by atoms with Crippen molar-refractivity contribution in [3.05, 3.63) is 42.0 Å². The maximum Gasteiger partial charge on any atom is 0.270 e. The first-order valence-corrected chi connectivity index (χ1v) is 7.96. The third kappa shape index (κ3) is 3.66. The fourth-order valence-corrected chi connectivity index (χ4v) is 2.61. The summed E-state index contributed by atoms with van der Waals surface area (Å²) in [6, 6.07) is 5.83. The lowest BCUT2D eigenvalue weighted by Crippen LogP contribution is -2.36. The minimum Gasteiger partial charge on any atom is -0.383 e. The number of benzene rings is 1. The zero-order valence-corrected chi connectivity index (χ0v) is 13.5. The highest BCUT2D eigenvalue weighted by Gasteiger charge is 2.19. The van der Waals surface area contributed by atoms with E-state index in [1.165, 1.54) is 30.1 Å². The van der Waals surface area contributed by atoms with Gasteiger partial charge in [0.2, 0.25) is 0 Å². The van der Waals surface area contributed by atoms with E-state index in [2.05, 4.69) is 10.3 Å². The molecule has 0 fully saturated rings. The van der Waals surface area contributed by atoms with Crippen LogP contribution in [0.2, 0.25) is 0 Å². The molecule has 1 aromatic carbocycles.